The van der Waals surface area contributed by atoms with Gasteiger partial charge < -0.3 is 10.5 Å². The van der Waals surface area contributed by atoms with E-state index in [2.05, 4.69) is 14.6 Å². The average Bonchev–Trinajstić information content (AvgIpc) is 3.25. The molecule has 3 rings (SSSR count). The molecule has 1 aliphatic heterocycles. The van der Waals surface area contributed by atoms with Crippen LogP contribution in [0.1, 0.15) is 5.01 Å². The van der Waals surface area contributed by atoms with Crippen molar-refractivity contribution in [3.8, 4) is 9.75 Å². The lowest BCUT2D eigenvalue weighted by molar-refractivity contribution is 0.0390. The predicted molar refractivity (Wildman–Crippen MR) is 95.8 cm³/mol. The van der Waals surface area contributed by atoms with Gasteiger partial charge in [0.1, 0.15) is 9.22 Å². The molecule has 0 amide bonds. The number of nitrogens with one attached hydrogen (secondary N) is 1. The van der Waals surface area contributed by atoms with Gasteiger partial charge in [0.25, 0.3) is 0 Å². The highest BCUT2D eigenvalue weighted by molar-refractivity contribution is 7.91. The van der Waals surface area contributed by atoms with Crippen molar-refractivity contribution in [1.82, 2.24) is 14.6 Å². The molecule has 10 heteroatoms. The van der Waals surface area contributed by atoms with Gasteiger partial charge in [-0.3, -0.25) is 4.90 Å². The fourth-order valence-electron chi connectivity index (χ4n) is 2.35. The third-order valence-electron chi connectivity index (χ3n) is 3.64. The second-order valence-corrected chi connectivity index (χ2v) is 9.49. The van der Waals surface area contributed by atoms with Gasteiger partial charge in [0.15, 0.2) is 0 Å². The van der Waals surface area contributed by atoms with E-state index in [1.807, 2.05) is 6.07 Å². The lowest BCUT2D eigenvalue weighted by Gasteiger charge is -2.26. The van der Waals surface area contributed by atoms with Crippen LogP contribution in [-0.4, -0.2) is 57.7 Å². The van der Waals surface area contributed by atoms with E-state index in [1.54, 1.807) is 12.3 Å². The second-order valence-electron chi connectivity index (χ2n) is 5.29. The number of aromatic nitrogens is 1. The maximum absolute atomic E-state index is 12.4. The maximum Gasteiger partial charge on any atom is 0.250 e. The van der Waals surface area contributed by atoms with Crippen LogP contribution in [0.4, 0.5) is 0 Å². The topological polar surface area (TPSA) is 97.5 Å². The number of hydrogen-bond donors (Lipinski definition) is 2. The third-order valence-corrected chi connectivity index (χ3v) is 7.89. The molecule has 2 aromatic rings. The molecule has 0 spiro atoms. The molecule has 132 valence electrons. The highest BCUT2D eigenvalue weighted by Gasteiger charge is 2.18. The number of ether oxygens (including phenoxy) is 1. The van der Waals surface area contributed by atoms with Gasteiger partial charge in [-0.05, 0) is 12.1 Å². The Morgan fingerprint density at radius 2 is 2.04 bits per heavy atom. The van der Waals surface area contributed by atoms with Crippen molar-refractivity contribution in [3.05, 3.63) is 23.3 Å². The van der Waals surface area contributed by atoms with Crippen LogP contribution in [0.3, 0.4) is 0 Å². The van der Waals surface area contributed by atoms with Gasteiger partial charge in [0.2, 0.25) is 10.0 Å². The summed E-state index contributed by atoms with van der Waals surface area (Å²) >= 11 is 2.74. The highest BCUT2D eigenvalue weighted by atomic mass is 32.2. The molecule has 3 heterocycles. The number of morpholine rings is 1. The SMILES string of the molecule is NCc1ncc(-c2ccc(S(=O)(=O)NCCN3CCOCC3)s2)s1. The van der Waals surface area contributed by atoms with Gasteiger partial charge in [0.05, 0.1) is 18.1 Å². The van der Waals surface area contributed by atoms with E-state index in [9.17, 15) is 8.42 Å². The highest BCUT2D eigenvalue weighted by Crippen LogP contribution is 2.33. The van der Waals surface area contributed by atoms with E-state index >= 15 is 0 Å². The molecular formula is C14H20N4O3S3. The summed E-state index contributed by atoms with van der Waals surface area (Å²) in [4.78, 5) is 8.22. The molecular weight excluding hydrogens is 368 g/mol. The Kier molecular flexibility index (Phi) is 5.98. The van der Waals surface area contributed by atoms with Gasteiger partial charge in [0, 0.05) is 43.8 Å². The number of nitrogens with zero attached hydrogens (tertiary/aromatic N) is 2. The molecule has 0 aliphatic carbocycles. The van der Waals surface area contributed by atoms with E-state index in [4.69, 9.17) is 10.5 Å². The molecule has 1 aliphatic rings. The summed E-state index contributed by atoms with van der Waals surface area (Å²) in [5, 5.41) is 0.839. The number of hydrogen-bond acceptors (Lipinski definition) is 8. The number of thiazole rings is 1. The Morgan fingerprint density at radius 3 is 2.75 bits per heavy atom. The molecule has 0 aromatic carbocycles. The molecule has 24 heavy (non-hydrogen) atoms. The molecule has 2 aromatic heterocycles. The van der Waals surface area contributed by atoms with Crippen molar-refractivity contribution in [2.75, 3.05) is 39.4 Å². The first-order valence-electron chi connectivity index (χ1n) is 7.63. The molecule has 0 saturated carbocycles. The minimum Gasteiger partial charge on any atom is -0.379 e. The van der Waals surface area contributed by atoms with Crippen LogP contribution in [0.15, 0.2) is 22.5 Å². The lowest BCUT2D eigenvalue weighted by atomic mass is 10.4. The van der Waals surface area contributed by atoms with Gasteiger partial charge in [-0.2, -0.15) is 0 Å². The van der Waals surface area contributed by atoms with E-state index in [0.29, 0.717) is 37.1 Å². The van der Waals surface area contributed by atoms with Crippen molar-refractivity contribution < 1.29 is 13.2 Å². The monoisotopic (exact) mass is 388 g/mol. The van der Waals surface area contributed by atoms with Gasteiger partial charge in [-0.1, -0.05) is 0 Å². The largest absolute Gasteiger partial charge is 0.379 e. The Bertz CT molecular complexity index is 766. The quantitative estimate of drug-likeness (QED) is 0.733. The third kappa shape index (κ3) is 4.39. The van der Waals surface area contributed by atoms with Crippen LogP contribution in [0.25, 0.3) is 9.75 Å². The zero-order valence-corrected chi connectivity index (χ0v) is 15.6. The average molecular weight is 389 g/mol. The summed E-state index contributed by atoms with van der Waals surface area (Å²) in [6.07, 6.45) is 1.74. The van der Waals surface area contributed by atoms with Crippen molar-refractivity contribution in [2.45, 2.75) is 10.8 Å². The second kappa shape index (κ2) is 8.00. The fourth-order valence-corrected chi connectivity index (χ4v) is 5.59. The summed E-state index contributed by atoms with van der Waals surface area (Å²) < 4.78 is 33.1. The maximum atomic E-state index is 12.4. The van der Waals surface area contributed by atoms with E-state index in [1.165, 1.54) is 22.7 Å². The summed E-state index contributed by atoms with van der Waals surface area (Å²) in [6.45, 7) is 4.59. The van der Waals surface area contributed by atoms with Gasteiger partial charge in [-0.15, -0.1) is 22.7 Å². The van der Waals surface area contributed by atoms with Crippen LogP contribution < -0.4 is 10.5 Å². The van der Waals surface area contributed by atoms with Crippen molar-refractivity contribution in [3.63, 3.8) is 0 Å². The lowest BCUT2D eigenvalue weighted by Crippen LogP contribution is -2.41. The van der Waals surface area contributed by atoms with Gasteiger partial charge >= 0.3 is 0 Å². The fraction of sp³-hybridized carbons (Fsp3) is 0.500. The first-order valence-corrected chi connectivity index (χ1v) is 10.7. The van der Waals surface area contributed by atoms with Crippen LogP contribution in [0.5, 0.6) is 0 Å². The Labute approximate surface area is 149 Å². The Hall–Kier alpha value is -0.880. The first-order chi connectivity index (χ1) is 11.6. The van der Waals surface area contributed by atoms with Gasteiger partial charge in [-0.25, -0.2) is 18.1 Å². The van der Waals surface area contributed by atoms with E-state index < -0.39 is 10.0 Å². The molecule has 7 nitrogen and oxygen atoms in total. The van der Waals surface area contributed by atoms with E-state index in [0.717, 1.165) is 27.9 Å². The molecule has 1 saturated heterocycles. The predicted octanol–water partition coefficient (Wildman–Crippen LogP) is 0.941. The van der Waals surface area contributed by atoms with Crippen molar-refractivity contribution >= 4 is 32.7 Å². The van der Waals surface area contributed by atoms with Crippen molar-refractivity contribution in [1.29, 1.82) is 0 Å². The number of thiophene rings is 1. The minimum absolute atomic E-state index is 0.321. The molecule has 0 atom stereocenters. The molecule has 0 bridgehead atoms. The molecule has 3 N–H and O–H groups in total. The molecule has 0 radical (unpaired) electrons. The number of sulfonamides is 1. The minimum atomic E-state index is -3.48. The summed E-state index contributed by atoms with van der Waals surface area (Å²) in [7, 11) is -3.48. The number of rotatable bonds is 7. The summed E-state index contributed by atoms with van der Waals surface area (Å²) in [5.74, 6) is 0. The standard InChI is InChI=1S/C14H20N4O3S3/c15-9-13-16-10-12(22-13)11-1-2-14(23-11)24(19,20)17-3-4-18-5-7-21-8-6-18/h1-2,10,17H,3-9,15H2. The molecule has 0 unspecified atom stereocenters. The van der Waals surface area contributed by atoms with Crippen LogP contribution in [0, 0.1) is 0 Å². The number of nitrogens with two attached hydrogens (primary N) is 1. The summed E-state index contributed by atoms with van der Waals surface area (Å²) in [6, 6.07) is 3.45. The normalized spacial score (nSPS) is 16.5. The van der Waals surface area contributed by atoms with E-state index in [-0.39, 0.29) is 0 Å². The smallest absolute Gasteiger partial charge is 0.250 e. The summed E-state index contributed by atoms with van der Waals surface area (Å²) in [5.41, 5.74) is 5.57. The first kappa shape index (κ1) is 17.9. The molecule has 1 fully saturated rings. The van der Waals surface area contributed by atoms with Crippen LogP contribution >= 0.6 is 22.7 Å². The van der Waals surface area contributed by atoms with Crippen molar-refractivity contribution in [2.24, 2.45) is 5.73 Å². The Balaban J connectivity index is 1.60. The van der Waals surface area contributed by atoms with Crippen LogP contribution in [-0.2, 0) is 21.3 Å². The van der Waals surface area contributed by atoms with Crippen LogP contribution in [0.2, 0.25) is 0 Å². The Morgan fingerprint density at radius 1 is 1.25 bits per heavy atom. The zero-order chi connectivity index (χ0) is 17.0. The zero-order valence-electron chi connectivity index (χ0n) is 13.1.